The number of rotatable bonds is 9. The summed E-state index contributed by atoms with van der Waals surface area (Å²) >= 11 is 0. The van der Waals surface area contributed by atoms with Gasteiger partial charge in [0.15, 0.2) is 0 Å². The quantitative estimate of drug-likeness (QED) is 0.412. The van der Waals surface area contributed by atoms with E-state index in [1.165, 1.54) is 25.3 Å². The molecule has 0 atom stereocenters. The van der Waals surface area contributed by atoms with Gasteiger partial charge in [-0.05, 0) is 12.5 Å². The Labute approximate surface area is 140 Å². The predicted molar refractivity (Wildman–Crippen MR) is 90.6 cm³/mol. The van der Waals surface area contributed by atoms with Crippen molar-refractivity contribution in [2.75, 3.05) is 11.9 Å². The first-order valence-corrected chi connectivity index (χ1v) is 8.06. The van der Waals surface area contributed by atoms with Crippen LogP contribution in [0.1, 0.15) is 44.7 Å². The van der Waals surface area contributed by atoms with E-state index in [-0.39, 0.29) is 28.7 Å². The fourth-order valence-electron chi connectivity index (χ4n) is 2.38. The average molecular weight is 328 g/mol. The SMILES string of the molecule is CCCCCCCNc1oc(-c2ccccc2[N+](=O)[O-])nc1C#N. The molecule has 0 saturated heterocycles. The Bertz CT molecular complexity index is 734. The maximum absolute atomic E-state index is 11.1. The third-order valence-electron chi connectivity index (χ3n) is 3.63. The average Bonchev–Trinajstić information content (AvgIpc) is 3.01. The Kier molecular flexibility index (Phi) is 6.32. The lowest BCUT2D eigenvalue weighted by molar-refractivity contribution is -0.384. The van der Waals surface area contributed by atoms with Crippen molar-refractivity contribution in [2.45, 2.75) is 39.0 Å². The van der Waals surface area contributed by atoms with Gasteiger partial charge >= 0.3 is 0 Å². The summed E-state index contributed by atoms with van der Waals surface area (Å²) in [7, 11) is 0. The van der Waals surface area contributed by atoms with Gasteiger partial charge in [-0.2, -0.15) is 10.2 Å². The van der Waals surface area contributed by atoms with Crippen molar-refractivity contribution in [1.29, 1.82) is 5.26 Å². The number of hydrogen-bond donors (Lipinski definition) is 1. The standard InChI is InChI=1S/C17H20N4O3/c1-2-3-4-5-8-11-19-17-14(12-18)20-16(24-17)13-9-6-7-10-15(13)21(22)23/h6-7,9-10,19H,2-5,8,11H2,1H3. The summed E-state index contributed by atoms with van der Waals surface area (Å²) in [5.74, 6) is 0.341. The molecule has 24 heavy (non-hydrogen) atoms. The Balaban J connectivity index is 2.11. The van der Waals surface area contributed by atoms with E-state index in [2.05, 4.69) is 17.2 Å². The molecule has 0 aliphatic heterocycles. The third kappa shape index (κ3) is 4.32. The van der Waals surface area contributed by atoms with Crippen molar-refractivity contribution in [3.05, 3.63) is 40.1 Å². The van der Waals surface area contributed by atoms with E-state index in [9.17, 15) is 15.4 Å². The molecular formula is C17H20N4O3. The fraction of sp³-hybridized carbons (Fsp3) is 0.412. The Morgan fingerprint density at radius 1 is 1.29 bits per heavy atom. The number of para-hydroxylation sites is 1. The monoisotopic (exact) mass is 328 g/mol. The molecule has 0 unspecified atom stereocenters. The van der Waals surface area contributed by atoms with Crippen molar-refractivity contribution in [2.24, 2.45) is 0 Å². The normalized spacial score (nSPS) is 10.3. The highest BCUT2D eigenvalue weighted by atomic mass is 16.6. The van der Waals surface area contributed by atoms with Crippen LogP contribution >= 0.6 is 0 Å². The van der Waals surface area contributed by atoms with Crippen LogP contribution in [0.15, 0.2) is 28.7 Å². The first-order chi connectivity index (χ1) is 11.7. The molecule has 0 spiro atoms. The maximum Gasteiger partial charge on any atom is 0.282 e. The van der Waals surface area contributed by atoms with Gasteiger partial charge in [-0.3, -0.25) is 10.1 Å². The van der Waals surface area contributed by atoms with Gasteiger partial charge in [0.05, 0.1) is 4.92 Å². The number of unbranched alkanes of at least 4 members (excludes halogenated alkanes) is 4. The molecule has 0 bridgehead atoms. The fourth-order valence-corrected chi connectivity index (χ4v) is 2.38. The molecule has 2 aromatic rings. The van der Waals surface area contributed by atoms with Gasteiger partial charge in [0.25, 0.3) is 5.69 Å². The molecule has 7 nitrogen and oxygen atoms in total. The smallest absolute Gasteiger partial charge is 0.282 e. The van der Waals surface area contributed by atoms with Crippen molar-refractivity contribution in [3.8, 4) is 17.5 Å². The van der Waals surface area contributed by atoms with E-state index in [0.717, 1.165) is 12.8 Å². The molecule has 1 N–H and O–H groups in total. The van der Waals surface area contributed by atoms with Crippen molar-refractivity contribution in [1.82, 2.24) is 4.98 Å². The molecule has 0 radical (unpaired) electrons. The number of aromatic nitrogens is 1. The van der Waals surface area contributed by atoms with Crippen LogP contribution in [0.3, 0.4) is 0 Å². The van der Waals surface area contributed by atoms with Gasteiger partial charge in [0.1, 0.15) is 11.6 Å². The molecule has 7 heteroatoms. The number of hydrogen-bond acceptors (Lipinski definition) is 6. The van der Waals surface area contributed by atoms with Crippen LogP contribution in [0.2, 0.25) is 0 Å². The van der Waals surface area contributed by atoms with Gasteiger partial charge in [-0.25, -0.2) is 0 Å². The molecule has 0 fully saturated rings. The summed E-state index contributed by atoms with van der Waals surface area (Å²) in [6.45, 7) is 2.83. The Morgan fingerprint density at radius 2 is 2.04 bits per heavy atom. The second-order valence-electron chi connectivity index (χ2n) is 5.42. The molecule has 126 valence electrons. The molecule has 0 aliphatic rings. The lowest BCUT2D eigenvalue weighted by Gasteiger charge is -2.02. The number of oxazole rings is 1. The van der Waals surface area contributed by atoms with E-state index in [1.807, 2.05) is 6.07 Å². The van der Waals surface area contributed by atoms with Crippen LogP contribution in [-0.2, 0) is 0 Å². The number of benzene rings is 1. The summed E-state index contributed by atoms with van der Waals surface area (Å²) in [6, 6.07) is 8.14. The number of anilines is 1. The zero-order chi connectivity index (χ0) is 17.4. The van der Waals surface area contributed by atoms with E-state index in [4.69, 9.17) is 4.42 Å². The summed E-state index contributed by atoms with van der Waals surface area (Å²) in [5, 5.41) is 23.4. The van der Waals surface area contributed by atoms with Gasteiger partial charge in [0, 0.05) is 12.6 Å². The van der Waals surface area contributed by atoms with E-state index in [0.29, 0.717) is 6.54 Å². The molecular weight excluding hydrogens is 308 g/mol. The van der Waals surface area contributed by atoms with Gasteiger partial charge < -0.3 is 9.73 Å². The van der Waals surface area contributed by atoms with E-state index in [1.54, 1.807) is 18.2 Å². The number of nitro groups is 1. The van der Waals surface area contributed by atoms with Crippen LogP contribution in [0, 0.1) is 21.4 Å². The number of nitriles is 1. The first kappa shape index (κ1) is 17.5. The second kappa shape index (κ2) is 8.67. The van der Waals surface area contributed by atoms with Gasteiger partial charge in [-0.1, -0.05) is 44.7 Å². The van der Waals surface area contributed by atoms with Crippen LogP contribution in [-0.4, -0.2) is 16.5 Å². The van der Waals surface area contributed by atoms with Crippen LogP contribution in [0.5, 0.6) is 0 Å². The van der Waals surface area contributed by atoms with E-state index < -0.39 is 4.92 Å². The van der Waals surface area contributed by atoms with Crippen molar-refractivity contribution in [3.63, 3.8) is 0 Å². The van der Waals surface area contributed by atoms with Crippen LogP contribution < -0.4 is 5.32 Å². The minimum atomic E-state index is -0.494. The maximum atomic E-state index is 11.1. The molecule has 0 saturated carbocycles. The number of nitro benzene ring substituents is 1. The lowest BCUT2D eigenvalue weighted by Crippen LogP contribution is -2.01. The molecule has 1 aromatic heterocycles. The van der Waals surface area contributed by atoms with Gasteiger partial charge in [0.2, 0.25) is 17.5 Å². The minimum Gasteiger partial charge on any atom is -0.419 e. The van der Waals surface area contributed by atoms with Gasteiger partial charge in [-0.15, -0.1) is 0 Å². The summed E-state index contributed by atoms with van der Waals surface area (Å²) in [5.41, 5.74) is 0.265. The zero-order valence-electron chi connectivity index (χ0n) is 13.6. The highest BCUT2D eigenvalue weighted by Crippen LogP contribution is 2.31. The highest BCUT2D eigenvalue weighted by Gasteiger charge is 2.21. The topological polar surface area (TPSA) is 105 Å². The summed E-state index contributed by atoms with van der Waals surface area (Å²) in [6.07, 6.45) is 5.66. The molecule has 1 heterocycles. The number of nitrogens with zero attached hydrogens (tertiary/aromatic N) is 3. The third-order valence-corrected chi connectivity index (χ3v) is 3.63. The largest absolute Gasteiger partial charge is 0.419 e. The van der Waals surface area contributed by atoms with Crippen molar-refractivity contribution >= 4 is 11.6 Å². The summed E-state index contributed by atoms with van der Waals surface area (Å²) < 4.78 is 5.56. The Morgan fingerprint density at radius 3 is 2.75 bits per heavy atom. The molecule has 0 amide bonds. The van der Waals surface area contributed by atoms with Crippen molar-refractivity contribution < 1.29 is 9.34 Å². The van der Waals surface area contributed by atoms with Crippen LogP contribution in [0.4, 0.5) is 11.6 Å². The van der Waals surface area contributed by atoms with Crippen LogP contribution in [0.25, 0.3) is 11.5 Å². The van der Waals surface area contributed by atoms with E-state index >= 15 is 0 Å². The highest BCUT2D eigenvalue weighted by molar-refractivity contribution is 5.68. The number of nitrogens with one attached hydrogen (secondary N) is 1. The minimum absolute atomic E-state index is 0.0762. The molecule has 1 aromatic carbocycles. The lowest BCUT2D eigenvalue weighted by atomic mass is 10.1. The molecule has 2 rings (SSSR count). The molecule has 0 aliphatic carbocycles. The zero-order valence-corrected chi connectivity index (χ0v) is 13.6. The predicted octanol–water partition coefficient (Wildman–Crippen LogP) is 4.50. The first-order valence-electron chi connectivity index (χ1n) is 8.06. The Hall–Kier alpha value is -2.88. The second-order valence-corrected chi connectivity index (χ2v) is 5.42. The summed E-state index contributed by atoms with van der Waals surface area (Å²) in [4.78, 5) is 14.7.